The SMILES string of the molecule is c1ccc(-c2ccn(C(c3ccccc3)(c3ccccc3)n3ccc(-c4ccccc4)n3)n2)cc1. The van der Waals surface area contributed by atoms with E-state index in [2.05, 4.69) is 84.9 Å². The van der Waals surface area contributed by atoms with Gasteiger partial charge in [0.15, 0.2) is 0 Å². The normalized spacial score (nSPS) is 11.4. The number of nitrogens with zero attached hydrogens (tertiary/aromatic N) is 4. The molecule has 6 aromatic rings. The van der Waals surface area contributed by atoms with Crippen LogP contribution < -0.4 is 0 Å². The molecule has 0 aliphatic carbocycles. The zero-order chi connectivity index (χ0) is 23.5. The van der Waals surface area contributed by atoms with E-state index >= 15 is 0 Å². The Kier molecular flexibility index (Phi) is 5.32. The van der Waals surface area contributed by atoms with Gasteiger partial charge in [-0.25, -0.2) is 9.36 Å². The Bertz CT molecular complexity index is 1400. The molecule has 0 bridgehead atoms. The topological polar surface area (TPSA) is 35.6 Å². The molecule has 35 heavy (non-hydrogen) atoms. The first kappa shape index (κ1) is 20.9. The van der Waals surface area contributed by atoms with E-state index in [0.717, 1.165) is 33.6 Å². The van der Waals surface area contributed by atoms with Crippen molar-refractivity contribution in [3.05, 3.63) is 157 Å². The number of hydrogen-bond acceptors (Lipinski definition) is 2. The van der Waals surface area contributed by atoms with Crippen LogP contribution in [0.4, 0.5) is 0 Å². The molecule has 0 saturated heterocycles. The molecule has 4 nitrogen and oxygen atoms in total. The van der Waals surface area contributed by atoms with Crippen molar-refractivity contribution in [1.29, 1.82) is 0 Å². The lowest BCUT2D eigenvalue weighted by Gasteiger charge is -2.36. The van der Waals surface area contributed by atoms with Gasteiger partial charge in [-0.05, 0) is 12.1 Å². The Balaban J connectivity index is 1.62. The van der Waals surface area contributed by atoms with Gasteiger partial charge in [-0.1, -0.05) is 121 Å². The van der Waals surface area contributed by atoms with Gasteiger partial charge in [-0.15, -0.1) is 0 Å². The van der Waals surface area contributed by atoms with Crippen LogP contribution in [-0.4, -0.2) is 19.6 Å². The first-order valence-corrected chi connectivity index (χ1v) is 11.7. The highest BCUT2D eigenvalue weighted by atomic mass is 15.5. The Morgan fingerprint density at radius 3 is 1.11 bits per heavy atom. The maximum absolute atomic E-state index is 5.12. The summed E-state index contributed by atoms with van der Waals surface area (Å²) in [6.45, 7) is 0. The Morgan fingerprint density at radius 2 is 0.743 bits per heavy atom. The van der Waals surface area contributed by atoms with E-state index in [4.69, 9.17) is 10.2 Å². The fourth-order valence-corrected chi connectivity index (χ4v) is 4.68. The third-order valence-corrected chi connectivity index (χ3v) is 6.33. The number of benzene rings is 4. The molecular weight excluding hydrogens is 428 g/mol. The van der Waals surface area contributed by atoms with Crippen LogP contribution in [0.5, 0.6) is 0 Å². The molecule has 0 aliphatic rings. The van der Waals surface area contributed by atoms with Crippen LogP contribution in [-0.2, 0) is 5.66 Å². The van der Waals surface area contributed by atoms with Crippen molar-refractivity contribution in [3.63, 3.8) is 0 Å². The van der Waals surface area contributed by atoms with Crippen molar-refractivity contribution in [2.24, 2.45) is 0 Å². The van der Waals surface area contributed by atoms with Crippen LogP contribution >= 0.6 is 0 Å². The number of rotatable bonds is 6. The monoisotopic (exact) mass is 452 g/mol. The predicted octanol–water partition coefficient (Wildman–Crippen LogP) is 6.71. The van der Waals surface area contributed by atoms with Gasteiger partial charge in [0.1, 0.15) is 0 Å². The lowest BCUT2D eigenvalue weighted by Crippen LogP contribution is -2.44. The molecule has 0 radical (unpaired) electrons. The van der Waals surface area contributed by atoms with Gasteiger partial charge in [0, 0.05) is 34.6 Å². The van der Waals surface area contributed by atoms with Crippen molar-refractivity contribution in [2.45, 2.75) is 5.66 Å². The average molecular weight is 453 g/mol. The van der Waals surface area contributed by atoms with Gasteiger partial charge < -0.3 is 0 Å². The second-order valence-electron chi connectivity index (χ2n) is 8.43. The van der Waals surface area contributed by atoms with Gasteiger partial charge in [-0.3, -0.25) is 0 Å². The van der Waals surface area contributed by atoms with Crippen LogP contribution in [0, 0.1) is 0 Å². The molecule has 0 spiro atoms. The maximum atomic E-state index is 5.12. The molecule has 4 aromatic carbocycles. The Morgan fingerprint density at radius 1 is 0.400 bits per heavy atom. The fraction of sp³-hybridized carbons (Fsp3) is 0.0323. The van der Waals surface area contributed by atoms with Crippen LogP contribution in [0.1, 0.15) is 11.1 Å². The summed E-state index contributed by atoms with van der Waals surface area (Å²) < 4.78 is 4.06. The van der Waals surface area contributed by atoms with Gasteiger partial charge in [0.05, 0.1) is 11.4 Å². The zero-order valence-corrected chi connectivity index (χ0v) is 19.1. The predicted molar refractivity (Wildman–Crippen MR) is 140 cm³/mol. The lowest BCUT2D eigenvalue weighted by molar-refractivity contribution is 0.297. The lowest BCUT2D eigenvalue weighted by atomic mass is 9.91. The molecule has 0 saturated carbocycles. The Hall–Kier alpha value is -4.70. The van der Waals surface area contributed by atoms with Crippen molar-refractivity contribution in [2.75, 3.05) is 0 Å². The number of aromatic nitrogens is 4. The van der Waals surface area contributed by atoms with E-state index in [-0.39, 0.29) is 0 Å². The first-order chi connectivity index (χ1) is 17.4. The van der Waals surface area contributed by atoms with Crippen LogP contribution in [0.3, 0.4) is 0 Å². The van der Waals surface area contributed by atoms with Crippen LogP contribution in [0.15, 0.2) is 146 Å². The minimum absolute atomic E-state index is 0.817. The highest BCUT2D eigenvalue weighted by Crippen LogP contribution is 2.37. The summed E-state index contributed by atoms with van der Waals surface area (Å²) in [5.74, 6) is 0. The average Bonchev–Trinajstić information content (AvgIpc) is 3.63. The van der Waals surface area contributed by atoms with Gasteiger partial charge in [-0.2, -0.15) is 10.2 Å². The summed E-state index contributed by atoms with van der Waals surface area (Å²) in [6.07, 6.45) is 4.10. The summed E-state index contributed by atoms with van der Waals surface area (Å²) in [5.41, 5.74) is 5.30. The standard InChI is InChI=1S/C31H24N4/c1-5-13-25(14-6-1)29-21-23-34(32-29)31(27-17-9-3-10-18-27,28-19-11-4-12-20-28)35-24-22-30(33-35)26-15-7-2-8-16-26/h1-24H. The molecule has 2 aromatic heterocycles. The van der Waals surface area contributed by atoms with E-state index in [1.54, 1.807) is 0 Å². The quantitative estimate of drug-likeness (QED) is 0.281. The summed E-state index contributed by atoms with van der Waals surface area (Å²) in [7, 11) is 0. The third kappa shape index (κ3) is 3.65. The molecule has 0 atom stereocenters. The fourth-order valence-electron chi connectivity index (χ4n) is 4.68. The summed E-state index contributed by atoms with van der Waals surface area (Å²) >= 11 is 0. The van der Waals surface area contributed by atoms with Crippen molar-refractivity contribution in [1.82, 2.24) is 19.6 Å². The van der Waals surface area contributed by atoms with E-state index in [9.17, 15) is 0 Å². The minimum Gasteiger partial charge on any atom is -0.236 e. The Labute approximate surface area is 204 Å². The molecule has 6 rings (SSSR count). The molecule has 168 valence electrons. The molecule has 0 unspecified atom stereocenters. The summed E-state index contributed by atoms with van der Waals surface area (Å²) in [4.78, 5) is 0. The van der Waals surface area contributed by atoms with Gasteiger partial charge >= 0.3 is 0 Å². The first-order valence-electron chi connectivity index (χ1n) is 11.7. The van der Waals surface area contributed by atoms with E-state index in [1.807, 2.05) is 70.3 Å². The van der Waals surface area contributed by atoms with Gasteiger partial charge in [0.25, 0.3) is 0 Å². The summed E-state index contributed by atoms with van der Waals surface area (Å²) in [5, 5.41) is 10.2. The summed E-state index contributed by atoms with van der Waals surface area (Å²) in [6, 6.07) is 45.6. The van der Waals surface area contributed by atoms with Crippen molar-refractivity contribution >= 4 is 0 Å². The number of hydrogen-bond donors (Lipinski definition) is 0. The van der Waals surface area contributed by atoms with E-state index in [1.165, 1.54) is 0 Å². The molecule has 0 amide bonds. The molecule has 0 N–H and O–H groups in total. The largest absolute Gasteiger partial charge is 0.236 e. The van der Waals surface area contributed by atoms with Crippen molar-refractivity contribution < 1.29 is 0 Å². The smallest absolute Gasteiger partial charge is 0.204 e. The third-order valence-electron chi connectivity index (χ3n) is 6.33. The highest BCUT2D eigenvalue weighted by molar-refractivity contribution is 5.60. The van der Waals surface area contributed by atoms with Crippen molar-refractivity contribution in [3.8, 4) is 22.5 Å². The highest BCUT2D eigenvalue weighted by Gasteiger charge is 2.40. The zero-order valence-electron chi connectivity index (χ0n) is 19.1. The molecule has 4 heteroatoms. The molecule has 0 fully saturated rings. The molecular formula is C31H24N4. The second-order valence-corrected chi connectivity index (χ2v) is 8.43. The van der Waals surface area contributed by atoms with E-state index < -0.39 is 5.66 Å². The molecule has 0 aliphatic heterocycles. The van der Waals surface area contributed by atoms with Crippen LogP contribution in [0.2, 0.25) is 0 Å². The molecule has 2 heterocycles. The minimum atomic E-state index is -0.817. The van der Waals surface area contributed by atoms with Gasteiger partial charge in [0.2, 0.25) is 5.66 Å². The maximum Gasteiger partial charge on any atom is 0.204 e. The van der Waals surface area contributed by atoms with E-state index in [0.29, 0.717) is 0 Å². The second kappa shape index (κ2) is 8.92. The van der Waals surface area contributed by atoms with Crippen LogP contribution in [0.25, 0.3) is 22.5 Å².